The Kier molecular flexibility index (Phi) is 5.04. The number of hydrogen-bond donors (Lipinski definition) is 0. The molecule has 2 nitrogen and oxygen atoms in total. The summed E-state index contributed by atoms with van der Waals surface area (Å²) >= 11 is 0. The fourth-order valence-electron chi connectivity index (χ4n) is 2.22. The molecule has 0 amide bonds. The molecule has 0 aromatic heterocycles. The molecule has 0 atom stereocenters. The molecule has 0 radical (unpaired) electrons. The van der Waals surface area contributed by atoms with Gasteiger partial charge >= 0.3 is 0 Å². The van der Waals surface area contributed by atoms with E-state index in [4.69, 9.17) is 9.47 Å². The summed E-state index contributed by atoms with van der Waals surface area (Å²) in [6, 6.07) is 14.5. The minimum absolute atomic E-state index is 0.557. The maximum Gasteiger partial charge on any atom is 0.167 e. The van der Waals surface area contributed by atoms with Crippen molar-refractivity contribution in [2.24, 2.45) is 0 Å². The predicted octanol–water partition coefficient (Wildman–Crippen LogP) is 5.00. The number of methoxy groups -OCH3 is 2. The molecule has 21 heavy (non-hydrogen) atoms. The lowest BCUT2D eigenvalue weighted by atomic mass is 10.0. The van der Waals surface area contributed by atoms with Crippen molar-refractivity contribution in [3.63, 3.8) is 0 Å². The van der Waals surface area contributed by atoms with Crippen LogP contribution < -0.4 is 9.47 Å². The Balaban J connectivity index is 2.25. The smallest absolute Gasteiger partial charge is 0.167 e. The molecule has 0 heterocycles. The lowest BCUT2D eigenvalue weighted by molar-refractivity contribution is 0.354. The summed E-state index contributed by atoms with van der Waals surface area (Å²) in [6.07, 6.45) is 4.13. The summed E-state index contributed by atoms with van der Waals surface area (Å²) in [5.74, 6) is 2.06. The number of rotatable bonds is 5. The Bertz CT molecular complexity index is 610. The Morgan fingerprint density at radius 3 is 2.14 bits per heavy atom. The highest BCUT2D eigenvalue weighted by molar-refractivity contribution is 5.74. The normalized spacial score (nSPS) is 11.1. The van der Waals surface area contributed by atoms with Crippen LogP contribution in [0, 0.1) is 0 Å². The van der Waals surface area contributed by atoms with Crippen LogP contribution in [0.5, 0.6) is 11.5 Å². The zero-order valence-electron chi connectivity index (χ0n) is 13.1. The highest BCUT2D eigenvalue weighted by atomic mass is 16.5. The van der Waals surface area contributed by atoms with Crippen LogP contribution in [0.3, 0.4) is 0 Å². The Hall–Kier alpha value is -2.22. The third kappa shape index (κ3) is 3.66. The molecular formula is C19H22O2. The van der Waals surface area contributed by atoms with E-state index >= 15 is 0 Å². The van der Waals surface area contributed by atoms with Crippen molar-refractivity contribution in [2.75, 3.05) is 14.2 Å². The van der Waals surface area contributed by atoms with Gasteiger partial charge < -0.3 is 9.47 Å². The molecule has 0 spiro atoms. The zero-order chi connectivity index (χ0) is 15.2. The predicted molar refractivity (Wildman–Crippen MR) is 89.0 cm³/mol. The molecule has 0 saturated heterocycles. The maximum atomic E-state index is 5.43. The Morgan fingerprint density at radius 1 is 0.857 bits per heavy atom. The van der Waals surface area contributed by atoms with Crippen molar-refractivity contribution in [1.82, 2.24) is 0 Å². The second kappa shape index (κ2) is 6.98. The van der Waals surface area contributed by atoms with E-state index in [1.54, 1.807) is 14.2 Å². The van der Waals surface area contributed by atoms with Gasteiger partial charge in [-0.1, -0.05) is 62.4 Å². The van der Waals surface area contributed by atoms with E-state index in [-0.39, 0.29) is 0 Å². The molecule has 110 valence electrons. The molecule has 0 saturated carbocycles. The molecule has 2 heteroatoms. The first-order chi connectivity index (χ1) is 10.2. The molecule has 0 aliphatic heterocycles. The minimum atomic E-state index is 0.557. The van der Waals surface area contributed by atoms with E-state index < -0.39 is 0 Å². The van der Waals surface area contributed by atoms with Crippen molar-refractivity contribution in [3.05, 3.63) is 59.2 Å². The van der Waals surface area contributed by atoms with Crippen LogP contribution in [0.1, 0.15) is 36.5 Å². The molecule has 0 unspecified atom stereocenters. The van der Waals surface area contributed by atoms with E-state index in [2.05, 4.69) is 44.2 Å². The number of ether oxygens (including phenoxy) is 2. The molecular weight excluding hydrogens is 260 g/mol. The fourth-order valence-corrected chi connectivity index (χ4v) is 2.22. The highest BCUT2D eigenvalue weighted by Gasteiger charge is 2.06. The van der Waals surface area contributed by atoms with Crippen LogP contribution >= 0.6 is 0 Å². The lowest BCUT2D eigenvalue weighted by Gasteiger charge is -2.10. The standard InChI is InChI=1S/C19H22O2/c1-14(2)16-11-8-15(9-12-16)10-13-17-6-5-7-18(20-3)19(17)21-4/h5-14H,1-4H3. The summed E-state index contributed by atoms with van der Waals surface area (Å²) in [5, 5.41) is 0. The molecule has 0 bridgehead atoms. The van der Waals surface area contributed by atoms with Gasteiger partial charge in [-0.15, -0.1) is 0 Å². The van der Waals surface area contributed by atoms with Gasteiger partial charge in [-0.25, -0.2) is 0 Å². The first-order valence-corrected chi connectivity index (χ1v) is 7.14. The summed E-state index contributed by atoms with van der Waals surface area (Å²) in [4.78, 5) is 0. The summed E-state index contributed by atoms with van der Waals surface area (Å²) in [6.45, 7) is 4.40. The first-order valence-electron chi connectivity index (χ1n) is 7.14. The fraction of sp³-hybridized carbons (Fsp3) is 0.263. The Morgan fingerprint density at radius 2 is 1.57 bits per heavy atom. The van der Waals surface area contributed by atoms with Crippen LogP contribution in [0.2, 0.25) is 0 Å². The van der Waals surface area contributed by atoms with Crippen LogP contribution in [-0.4, -0.2) is 14.2 Å². The van der Waals surface area contributed by atoms with Crippen LogP contribution in [0.25, 0.3) is 12.2 Å². The molecule has 0 aliphatic rings. The molecule has 0 aliphatic carbocycles. The second-order valence-electron chi connectivity index (χ2n) is 5.24. The van der Waals surface area contributed by atoms with Crippen molar-refractivity contribution in [1.29, 1.82) is 0 Å². The quantitative estimate of drug-likeness (QED) is 0.719. The minimum Gasteiger partial charge on any atom is -0.493 e. The number of hydrogen-bond acceptors (Lipinski definition) is 2. The van der Waals surface area contributed by atoms with E-state index in [0.717, 1.165) is 17.1 Å². The first kappa shape index (κ1) is 15.2. The van der Waals surface area contributed by atoms with Gasteiger partial charge in [0.2, 0.25) is 0 Å². The van der Waals surface area contributed by atoms with E-state index in [1.807, 2.05) is 24.3 Å². The lowest BCUT2D eigenvalue weighted by Crippen LogP contribution is -1.92. The van der Waals surface area contributed by atoms with Crippen molar-refractivity contribution in [3.8, 4) is 11.5 Å². The highest BCUT2D eigenvalue weighted by Crippen LogP contribution is 2.31. The van der Waals surface area contributed by atoms with Crippen molar-refractivity contribution < 1.29 is 9.47 Å². The summed E-state index contributed by atoms with van der Waals surface area (Å²) in [5.41, 5.74) is 3.53. The van der Waals surface area contributed by atoms with E-state index in [9.17, 15) is 0 Å². The van der Waals surface area contributed by atoms with Gasteiger partial charge in [-0.2, -0.15) is 0 Å². The second-order valence-corrected chi connectivity index (χ2v) is 5.24. The average Bonchev–Trinajstić information content (AvgIpc) is 2.52. The van der Waals surface area contributed by atoms with Crippen LogP contribution in [-0.2, 0) is 0 Å². The van der Waals surface area contributed by atoms with Crippen molar-refractivity contribution >= 4 is 12.2 Å². The van der Waals surface area contributed by atoms with E-state index in [1.165, 1.54) is 11.1 Å². The molecule has 0 N–H and O–H groups in total. The zero-order valence-corrected chi connectivity index (χ0v) is 13.1. The SMILES string of the molecule is COc1cccc(C=Cc2ccc(C(C)C)cc2)c1OC. The van der Waals surface area contributed by atoms with Gasteiger partial charge in [0.1, 0.15) is 0 Å². The third-order valence-corrected chi connectivity index (χ3v) is 3.49. The summed E-state index contributed by atoms with van der Waals surface area (Å²) < 4.78 is 10.7. The van der Waals surface area contributed by atoms with E-state index in [0.29, 0.717) is 5.92 Å². The van der Waals surface area contributed by atoms with Gasteiger partial charge in [0.15, 0.2) is 11.5 Å². The number of benzene rings is 2. The molecule has 2 aromatic rings. The third-order valence-electron chi connectivity index (χ3n) is 3.49. The van der Waals surface area contributed by atoms with Gasteiger partial charge in [-0.05, 0) is 23.1 Å². The van der Waals surface area contributed by atoms with Gasteiger partial charge in [-0.3, -0.25) is 0 Å². The monoisotopic (exact) mass is 282 g/mol. The molecule has 2 aromatic carbocycles. The van der Waals surface area contributed by atoms with Crippen LogP contribution in [0.4, 0.5) is 0 Å². The number of para-hydroxylation sites is 1. The van der Waals surface area contributed by atoms with Gasteiger partial charge in [0, 0.05) is 5.56 Å². The average molecular weight is 282 g/mol. The van der Waals surface area contributed by atoms with Crippen molar-refractivity contribution in [2.45, 2.75) is 19.8 Å². The van der Waals surface area contributed by atoms with Gasteiger partial charge in [0.05, 0.1) is 14.2 Å². The van der Waals surface area contributed by atoms with Gasteiger partial charge in [0.25, 0.3) is 0 Å². The van der Waals surface area contributed by atoms with Crippen LogP contribution in [0.15, 0.2) is 42.5 Å². The maximum absolute atomic E-state index is 5.43. The molecule has 0 fully saturated rings. The largest absolute Gasteiger partial charge is 0.493 e. The molecule has 2 rings (SSSR count). The Labute approximate surface area is 127 Å². The topological polar surface area (TPSA) is 18.5 Å². The summed E-state index contributed by atoms with van der Waals surface area (Å²) in [7, 11) is 3.31.